The molecule has 0 amide bonds. The molecule has 1 aromatic heterocycles. The summed E-state index contributed by atoms with van der Waals surface area (Å²) in [5.74, 6) is 0.904. The summed E-state index contributed by atoms with van der Waals surface area (Å²) in [5, 5.41) is 6.48. The Hall–Kier alpha value is -1.43. The van der Waals surface area contributed by atoms with Gasteiger partial charge in [0.1, 0.15) is 17.4 Å². The van der Waals surface area contributed by atoms with Gasteiger partial charge in [-0.3, -0.25) is 0 Å². The molecule has 1 heterocycles. The molecule has 0 fully saturated rings. The Morgan fingerprint density at radius 2 is 1.95 bits per heavy atom. The highest BCUT2D eigenvalue weighted by Crippen LogP contribution is 2.25. The lowest BCUT2D eigenvalue weighted by atomic mass is 10.2. The molecule has 21 heavy (non-hydrogen) atoms. The van der Waals surface area contributed by atoms with E-state index in [9.17, 15) is 0 Å². The standard InChI is InChI=1S/C16H23N3OS/c1-13-12-21-16(18-13)14-4-6-15(7-5-14)20-11-9-17-8-10-19(2)3/h4-7,12,17H,8-11H2,1-3H3. The second-order valence-corrected chi connectivity index (χ2v) is 6.08. The van der Waals surface area contributed by atoms with Crippen LogP contribution in [0, 0.1) is 6.92 Å². The lowest BCUT2D eigenvalue weighted by molar-refractivity contribution is 0.308. The third-order valence-corrected chi connectivity index (χ3v) is 4.01. The van der Waals surface area contributed by atoms with Crippen molar-refractivity contribution in [1.82, 2.24) is 15.2 Å². The largest absolute Gasteiger partial charge is 0.492 e. The van der Waals surface area contributed by atoms with E-state index in [0.29, 0.717) is 6.61 Å². The van der Waals surface area contributed by atoms with Crippen molar-refractivity contribution in [3.05, 3.63) is 35.3 Å². The Morgan fingerprint density at radius 1 is 1.19 bits per heavy atom. The Bertz CT molecular complexity index is 537. The van der Waals surface area contributed by atoms with Crippen LogP contribution in [0.4, 0.5) is 0 Å². The van der Waals surface area contributed by atoms with Gasteiger partial charge >= 0.3 is 0 Å². The van der Waals surface area contributed by atoms with E-state index in [0.717, 1.165) is 41.6 Å². The molecule has 0 aliphatic rings. The van der Waals surface area contributed by atoms with E-state index in [4.69, 9.17) is 4.74 Å². The van der Waals surface area contributed by atoms with Crippen LogP contribution in [-0.2, 0) is 0 Å². The molecule has 0 atom stereocenters. The van der Waals surface area contributed by atoms with Crippen molar-refractivity contribution in [2.45, 2.75) is 6.92 Å². The molecule has 0 aliphatic heterocycles. The number of hydrogen-bond acceptors (Lipinski definition) is 5. The summed E-state index contributed by atoms with van der Waals surface area (Å²) < 4.78 is 5.72. The van der Waals surface area contributed by atoms with Crippen molar-refractivity contribution in [3.63, 3.8) is 0 Å². The van der Waals surface area contributed by atoms with Crippen LogP contribution < -0.4 is 10.1 Å². The van der Waals surface area contributed by atoms with Crippen molar-refractivity contribution in [2.24, 2.45) is 0 Å². The number of aromatic nitrogens is 1. The van der Waals surface area contributed by atoms with E-state index >= 15 is 0 Å². The summed E-state index contributed by atoms with van der Waals surface area (Å²) in [4.78, 5) is 6.64. The number of benzene rings is 1. The summed E-state index contributed by atoms with van der Waals surface area (Å²) in [6.07, 6.45) is 0. The maximum atomic E-state index is 5.72. The highest BCUT2D eigenvalue weighted by Gasteiger charge is 2.02. The highest BCUT2D eigenvalue weighted by molar-refractivity contribution is 7.13. The zero-order valence-corrected chi connectivity index (χ0v) is 13.7. The van der Waals surface area contributed by atoms with E-state index in [2.05, 4.69) is 46.8 Å². The molecule has 2 rings (SSSR count). The lowest BCUT2D eigenvalue weighted by Crippen LogP contribution is -2.29. The Labute approximate surface area is 130 Å². The fraction of sp³-hybridized carbons (Fsp3) is 0.438. The fourth-order valence-corrected chi connectivity index (χ4v) is 2.65. The number of likely N-dealkylation sites (N-methyl/N-ethyl adjacent to an activating group) is 1. The first-order valence-corrected chi connectivity index (χ1v) is 8.04. The Balaban J connectivity index is 1.73. The van der Waals surface area contributed by atoms with Gasteiger partial charge in [0.25, 0.3) is 0 Å². The summed E-state index contributed by atoms with van der Waals surface area (Å²) >= 11 is 1.67. The van der Waals surface area contributed by atoms with Crippen LogP contribution >= 0.6 is 11.3 Å². The topological polar surface area (TPSA) is 37.4 Å². The Morgan fingerprint density at radius 3 is 2.57 bits per heavy atom. The van der Waals surface area contributed by atoms with Gasteiger partial charge in [0.05, 0.1) is 0 Å². The van der Waals surface area contributed by atoms with E-state index in [-0.39, 0.29) is 0 Å². The van der Waals surface area contributed by atoms with Gasteiger partial charge in [-0.1, -0.05) is 0 Å². The molecule has 2 aromatic rings. The molecule has 114 valence electrons. The lowest BCUT2D eigenvalue weighted by Gasteiger charge is -2.11. The highest BCUT2D eigenvalue weighted by atomic mass is 32.1. The molecular weight excluding hydrogens is 282 g/mol. The van der Waals surface area contributed by atoms with Crippen molar-refractivity contribution < 1.29 is 4.74 Å². The molecule has 0 saturated heterocycles. The molecule has 0 saturated carbocycles. The molecule has 0 bridgehead atoms. The molecule has 0 aliphatic carbocycles. The summed E-state index contributed by atoms with van der Waals surface area (Å²) in [6.45, 7) is 5.59. The second-order valence-electron chi connectivity index (χ2n) is 5.22. The quantitative estimate of drug-likeness (QED) is 0.761. The van der Waals surface area contributed by atoms with Crippen molar-refractivity contribution in [2.75, 3.05) is 40.3 Å². The summed E-state index contributed by atoms with van der Waals surface area (Å²) in [6, 6.07) is 8.14. The van der Waals surface area contributed by atoms with Gasteiger partial charge in [-0.2, -0.15) is 0 Å². The van der Waals surface area contributed by atoms with Gasteiger partial charge in [-0.15, -0.1) is 11.3 Å². The maximum Gasteiger partial charge on any atom is 0.123 e. The maximum absolute atomic E-state index is 5.72. The van der Waals surface area contributed by atoms with Crippen molar-refractivity contribution >= 4 is 11.3 Å². The normalized spacial score (nSPS) is 11.0. The Kier molecular flexibility index (Phi) is 6.17. The van der Waals surface area contributed by atoms with Crippen LogP contribution in [0.2, 0.25) is 0 Å². The molecule has 0 radical (unpaired) electrons. The average molecular weight is 305 g/mol. The summed E-state index contributed by atoms with van der Waals surface area (Å²) in [7, 11) is 4.15. The average Bonchev–Trinajstić information content (AvgIpc) is 2.90. The predicted molar refractivity (Wildman–Crippen MR) is 89.2 cm³/mol. The number of thiazole rings is 1. The van der Waals surface area contributed by atoms with Crippen LogP contribution in [0.1, 0.15) is 5.69 Å². The minimum absolute atomic E-state index is 0.684. The minimum Gasteiger partial charge on any atom is -0.492 e. The van der Waals surface area contributed by atoms with Gasteiger partial charge in [0, 0.05) is 36.3 Å². The number of nitrogens with zero attached hydrogens (tertiary/aromatic N) is 2. The molecule has 4 nitrogen and oxygen atoms in total. The van der Waals surface area contributed by atoms with Crippen LogP contribution in [-0.4, -0.2) is 50.2 Å². The van der Waals surface area contributed by atoms with Gasteiger partial charge in [-0.05, 0) is 45.3 Å². The number of nitrogens with one attached hydrogen (secondary N) is 1. The first kappa shape index (κ1) is 15.9. The molecular formula is C16H23N3OS. The van der Waals surface area contributed by atoms with E-state index < -0.39 is 0 Å². The molecule has 1 aromatic carbocycles. The van der Waals surface area contributed by atoms with E-state index in [1.54, 1.807) is 11.3 Å². The molecule has 0 spiro atoms. The fourth-order valence-electron chi connectivity index (χ4n) is 1.85. The van der Waals surface area contributed by atoms with Gasteiger partial charge in [-0.25, -0.2) is 4.98 Å². The third kappa shape index (κ3) is 5.46. The SMILES string of the molecule is Cc1csc(-c2ccc(OCCNCCN(C)C)cc2)n1. The van der Waals surface area contributed by atoms with Crippen molar-refractivity contribution in [1.29, 1.82) is 0 Å². The van der Waals surface area contributed by atoms with Crippen molar-refractivity contribution in [3.8, 4) is 16.3 Å². The zero-order chi connectivity index (χ0) is 15.1. The number of rotatable bonds is 8. The number of hydrogen-bond donors (Lipinski definition) is 1. The number of aryl methyl sites for hydroxylation is 1. The monoisotopic (exact) mass is 305 g/mol. The van der Waals surface area contributed by atoms with E-state index in [1.807, 2.05) is 19.1 Å². The smallest absolute Gasteiger partial charge is 0.123 e. The first-order valence-electron chi connectivity index (χ1n) is 7.16. The zero-order valence-electron chi connectivity index (χ0n) is 12.9. The first-order chi connectivity index (χ1) is 10.1. The molecule has 1 N–H and O–H groups in total. The van der Waals surface area contributed by atoms with Crippen LogP contribution in [0.3, 0.4) is 0 Å². The van der Waals surface area contributed by atoms with Crippen LogP contribution in [0.25, 0.3) is 10.6 Å². The van der Waals surface area contributed by atoms with Crippen LogP contribution in [0.5, 0.6) is 5.75 Å². The third-order valence-electron chi connectivity index (χ3n) is 3.00. The minimum atomic E-state index is 0.684. The van der Waals surface area contributed by atoms with Gasteiger partial charge in [0.15, 0.2) is 0 Å². The van der Waals surface area contributed by atoms with Gasteiger partial charge in [0.2, 0.25) is 0 Å². The molecule has 0 unspecified atom stereocenters. The number of ether oxygens (including phenoxy) is 1. The molecule has 5 heteroatoms. The van der Waals surface area contributed by atoms with Gasteiger partial charge < -0.3 is 15.0 Å². The summed E-state index contributed by atoms with van der Waals surface area (Å²) in [5.41, 5.74) is 2.21. The second kappa shape index (κ2) is 8.12. The predicted octanol–water partition coefficient (Wildman–Crippen LogP) is 2.65. The van der Waals surface area contributed by atoms with Crippen LogP contribution in [0.15, 0.2) is 29.6 Å². The van der Waals surface area contributed by atoms with E-state index in [1.165, 1.54) is 0 Å².